The van der Waals surface area contributed by atoms with Crippen LogP contribution in [0.2, 0.25) is 0 Å². The summed E-state index contributed by atoms with van der Waals surface area (Å²) >= 11 is 0. The molecule has 0 aliphatic carbocycles. The first-order valence-corrected chi connectivity index (χ1v) is 10.1. The van der Waals surface area contributed by atoms with Crippen molar-refractivity contribution >= 4 is 22.3 Å². The fourth-order valence-electron chi connectivity index (χ4n) is 4.25. The first-order valence-electron chi connectivity index (χ1n) is 10.1. The van der Waals surface area contributed by atoms with Crippen molar-refractivity contribution in [3.05, 3.63) is 58.8 Å². The van der Waals surface area contributed by atoms with Crippen LogP contribution in [-0.4, -0.2) is 34.0 Å². The van der Waals surface area contributed by atoms with Gasteiger partial charge in [-0.05, 0) is 57.0 Å². The molecular weight excluding hydrogens is 405 g/mol. The van der Waals surface area contributed by atoms with Gasteiger partial charge in [0.1, 0.15) is 0 Å². The van der Waals surface area contributed by atoms with Gasteiger partial charge in [0.25, 0.3) is 0 Å². The van der Waals surface area contributed by atoms with Crippen LogP contribution in [0.25, 0.3) is 10.8 Å². The molecule has 0 spiro atoms. The van der Waals surface area contributed by atoms with Crippen molar-refractivity contribution in [3.8, 4) is 0 Å². The summed E-state index contributed by atoms with van der Waals surface area (Å²) in [7, 11) is 0. The van der Waals surface area contributed by atoms with Crippen LogP contribution in [0.4, 0.5) is 24.7 Å². The Morgan fingerprint density at radius 3 is 2.45 bits per heavy atom. The van der Waals surface area contributed by atoms with Crippen molar-refractivity contribution in [1.82, 2.24) is 10.2 Å². The molecule has 4 rings (SSSR count). The number of hydrogen-bond acceptors (Lipinski definition) is 5. The van der Waals surface area contributed by atoms with Crippen LogP contribution in [0, 0.1) is 13.8 Å². The topological polar surface area (TPSA) is 61.3 Å². The molecule has 2 N–H and O–H groups in total. The Bertz CT molecular complexity index is 1140. The summed E-state index contributed by atoms with van der Waals surface area (Å²) in [5, 5.41) is 23.6. The van der Waals surface area contributed by atoms with E-state index in [0.29, 0.717) is 24.5 Å². The predicted molar refractivity (Wildman–Crippen MR) is 115 cm³/mol. The highest BCUT2D eigenvalue weighted by molar-refractivity contribution is 5.95. The highest BCUT2D eigenvalue weighted by atomic mass is 19.4. The lowest BCUT2D eigenvalue weighted by molar-refractivity contribution is -0.138. The van der Waals surface area contributed by atoms with Gasteiger partial charge in [0.2, 0.25) is 0 Å². The number of nitrogens with one attached hydrogen (secondary N) is 1. The quantitative estimate of drug-likeness (QED) is 0.609. The minimum Gasteiger partial charge on any atom is -0.386 e. The number of alkyl halides is 3. The predicted octanol–water partition coefficient (Wildman–Crippen LogP) is 5.01. The molecule has 2 aromatic carbocycles. The van der Waals surface area contributed by atoms with Crippen LogP contribution in [0.15, 0.2) is 36.4 Å². The number of aryl methyl sites for hydroxylation is 1. The van der Waals surface area contributed by atoms with E-state index in [2.05, 4.69) is 20.4 Å². The van der Waals surface area contributed by atoms with Gasteiger partial charge in [-0.3, -0.25) is 0 Å². The third-order valence-corrected chi connectivity index (χ3v) is 5.88. The fraction of sp³-hybridized carbons (Fsp3) is 0.391. The molecule has 0 saturated carbocycles. The van der Waals surface area contributed by atoms with E-state index in [1.165, 1.54) is 13.0 Å². The molecule has 1 aliphatic heterocycles. The van der Waals surface area contributed by atoms with Gasteiger partial charge >= 0.3 is 6.18 Å². The second kappa shape index (κ2) is 7.37. The zero-order valence-electron chi connectivity index (χ0n) is 17.9. The number of anilines is 2. The van der Waals surface area contributed by atoms with Gasteiger partial charge < -0.3 is 15.3 Å². The van der Waals surface area contributed by atoms with Crippen molar-refractivity contribution in [2.45, 2.75) is 45.5 Å². The Hall–Kier alpha value is -2.87. The summed E-state index contributed by atoms with van der Waals surface area (Å²) < 4.78 is 40.0. The van der Waals surface area contributed by atoms with Gasteiger partial charge in [-0.25, -0.2) is 0 Å². The molecule has 2 heterocycles. The van der Waals surface area contributed by atoms with Crippen molar-refractivity contribution in [1.29, 1.82) is 0 Å². The van der Waals surface area contributed by atoms with Crippen LogP contribution in [0.5, 0.6) is 0 Å². The molecule has 1 saturated heterocycles. The Balaban J connectivity index is 1.69. The Morgan fingerprint density at radius 1 is 1.10 bits per heavy atom. The van der Waals surface area contributed by atoms with E-state index in [1.807, 2.05) is 32.0 Å². The molecule has 1 unspecified atom stereocenters. The van der Waals surface area contributed by atoms with Crippen molar-refractivity contribution in [2.75, 3.05) is 23.3 Å². The van der Waals surface area contributed by atoms with Crippen LogP contribution >= 0.6 is 0 Å². The summed E-state index contributed by atoms with van der Waals surface area (Å²) in [5.74, 6) is 0.513. The highest BCUT2D eigenvalue weighted by Gasteiger charge is 2.37. The molecule has 164 valence electrons. The lowest BCUT2D eigenvalue weighted by Crippen LogP contribution is -2.60. The lowest BCUT2D eigenvalue weighted by Gasteiger charge is -2.45. The second-order valence-electron chi connectivity index (χ2n) is 8.60. The number of aromatic nitrogens is 2. The molecule has 0 amide bonds. The van der Waals surface area contributed by atoms with Gasteiger partial charge in [0, 0.05) is 29.5 Å². The number of β-amino-alcohol motifs (C(OH)–C–C–N with tert-alkyl or cyclic N) is 1. The van der Waals surface area contributed by atoms with Crippen molar-refractivity contribution < 1.29 is 18.3 Å². The lowest BCUT2D eigenvalue weighted by atomic mass is 9.95. The smallest absolute Gasteiger partial charge is 0.386 e. The zero-order valence-corrected chi connectivity index (χ0v) is 17.9. The number of benzene rings is 2. The molecule has 1 atom stereocenters. The van der Waals surface area contributed by atoms with Gasteiger partial charge in [0.15, 0.2) is 5.82 Å². The monoisotopic (exact) mass is 430 g/mol. The first kappa shape index (κ1) is 21.4. The minimum absolute atomic E-state index is 0.197. The number of aliphatic hydroxyl groups is 1. The van der Waals surface area contributed by atoms with E-state index in [9.17, 15) is 18.3 Å². The van der Waals surface area contributed by atoms with Crippen molar-refractivity contribution in [2.24, 2.45) is 0 Å². The molecule has 0 bridgehead atoms. The average Bonchev–Trinajstić information content (AvgIpc) is 2.67. The Labute approximate surface area is 178 Å². The minimum atomic E-state index is -4.40. The molecule has 1 aromatic heterocycles. The molecule has 31 heavy (non-hydrogen) atoms. The normalized spacial score (nSPS) is 16.8. The van der Waals surface area contributed by atoms with Crippen LogP contribution in [0.3, 0.4) is 0 Å². The maximum Gasteiger partial charge on any atom is 0.416 e. The van der Waals surface area contributed by atoms with E-state index in [-0.39, 0.29) is 5.56 Å². The van der Waals surface area contributed by atoms with Crippen molar-refractivity contribution in [3.63, 3.8) is 0 Å². The number of rotatable bonds is 4. The van der Waals surface area contributed by atoms with Gasteiger partial charge in [-0.2, -0.15) is 18.3 Å². The van der Waals surface area contributed by atoms with Gasteiger partial charge in [-0.1, -0.05) is 18.2 Å². The molecular formula is C23H25F3N4O. The van der Waals surface area contributed by atoms with Gasteiger partial charge in [-0.15, -0.1) is 5.10 Å². The second-order valence-corrected chi connectivity index (χ2v) is 8.60. The Kier molecular flexibility index (Phi) is 5.08. The zero-order chi connectivity index (χ0) is 22.6. The largest absolute Gasteiger partial charge is 0.416 e. The molecule has 8 heteroatoms. The SMILES string of the molecule is Cc1c(C(C)Nc2nnc(C)c3ccc(N4CC(C)(O)C4)cc23)cccc1C(F)(F)F. The van der Waals surface area contributed by atoms with E-state index < -0.39 is 23.4 Å². The number of hydrogen-bond donors (Lipinski definition) is 2. The summed E-state index contributed by atoms with van der Waals surface area (Å²) in [6.45, 7) is 8.05. The van der Waals surface area contributed by atoms with E-state index in [4.69, 9.17) is 0 Å². The number of halogens is 3. The molecule has 3 aromatic rings. The third-order valence-electron chi connectivity index (χ3n) is 5.88. The van der Waals surface area contributed by atoms with Crippen LogP contribution < -0.4 is 10.2 Å². The Morgan fingerprint density at radius 2 is 1.81 bits per heavy atom. The fourth-order valence-corrected chi connectivity index (χ4v) is 4.25. The van der Waals surface area contributed by atoms with E-state index >= 15 is 0 Å². The summed E-state index contributed by atoms with van der Waals surface area (Å²) in [6.07, 6.45) is -4.40. The highest BCUT2D eigenvalue weighted by Crippen LogP contribution is 2.36. The maximum atomic E-state index is 13.3. The van der Waals surface area contributed by atoms with Crippen LogP contribution in [-0.2, 0) is 6.18 Å². The number of fused-ring (bicyclic) bond motifs is 1. The van der Waals surface area contributed by atoms with E-state index in [1.54, 1.807) is 13.0 Å². The molecule has 0 radical (unpaired) electrons. The summed E-state index contributed by atoms with van der Waals surface area (Å²) in [5.41, 5.74) is 1.15. The average molecular weight is 430 g/mol. The van der Waals surface area contributed by atoms with Crippen LogP contribution in [0.1, 0.15) is 42.3 Å². The summed E-state index contributed by atoms with van der Waals surface area (Å²) in [4.78, 5) is 2.07. The standard InChI is InChI=1S/C23H25F3N4O/c1-13-17(6-5-7-20(13)23(24,25)26)14(2)27-21-19-10-16(30-11-22(4,31)12-30)8-9-18(19)15(3)28-29-21/h5-10,14,31H,11-12H2,1-4H3,(H,27,29). The molecule has 1 fully saturated rings. The first-order chi connectivity index (χ1) is 14.5. The third kappa shape index (κ3) is 4.04. The van der Waals surface area contributed by atoms with Gasteiger partial charge in [0.05, 0.1) is 22.9 Å². The molecule has 5 nitrogen and oxygen atoms in total. The van der Waals surface area contributed by atoms with E-state index in [0.717, 1.165) is 28.2 Å². The number of nitrogens with zero attached hydrogens (tertiary/aromatic N) is 3. The maximum absolute atomic E-state index is 13.3. The summed E-state index contributed by atoms with van der Waals surface area (Å²) in [6, 6.07) is 9.75. The molecule has 1 aliphatic rings.